The molecule has 2 aromatic carbocycles. The Morgan fingerprint density at radius 3 is 1.89 bits per heavy atom. The number of amides is 4. The molecule has 1 atom stereocenters. The number of hydrogen-bond donors (Lipinski definition) is 4. The van der Waals surface area contributed by atoms with Crippen molar-refractivity contribution in [2.75, 3.05) is 33.9 Å². The van der Waals surface area contributed by atoms with Crippen LogP contribution in [0, 0.1) is 12.8 Å². The van der Waals surface area contributed by atoms with Gasteiger partial charge in [-0.25, -0.2) is 19.6 Å². The fourth-order valence-electron chi connectivity index (χ4n) is 5.55. The van der Waals surface area contributed by atoms with Gasteiger partial charge in [-0.15, -0.1) is 12.8 Å². The van der Waals surface area contributed by atoms with Crippen molar-refractivity contribution in [2.24, 2.45) is 0 Å². The van der Waals surface area contributed by atoms with Gasteiger partial charge in [-0.3, -0.25) is 9.59 Å². The SMILES string of the molecule is C#C.CCC.CCCN(Cc1ncc(-c2ccc(-c3ccc(-c4cnc(CN5CCC[C@@H](NC(=O)OC)C5=O)[nH]4)cc3)cc2)[nH]1)C(=O)CNC(=O)OC. The van der Waals surface area contributed by atoms with Crippen LogP contribution in [-0.2, 0) is 32.2 Å². The maximum atomic E-state index is 12.8. The molecule has 4 aromatic rings. The summed E-state index contributed by atoms with van der Waals surface area (Å²) in [6, 6.07) is 15.7. The van der Waals surface area contributed by atoms with E-state index in [1.165, 1.54) is 20.6 Å². The van der Waals surface area contributed by atoms with Gasteiger partial charge in [0, 0.05) is 13.1 Å². The largest absolute Gasteiger partial charge is 0.453 e. The number of rotatable bonds is 12. The molecular formula is C39H50N8O6. The van der Waals surface area contributed by atoms with Crippen molar-refractivity contribution in [3.8, 4) is 46.5 Å². The molecule has 5 rings (SSSR count). The van der Waals surface area contributed by atoms with Crippen molar-refractivity contribution in [1.82, 2.24) is 40.4 Å². The zero-order chi connectivity index (χ0) is 38.8. The maximum absolute atomic E-state index is 12.8. The van der Waals surface area contributed by atoms with E-state index in [1.807, 2.05) is 55.5 Å². The molecule has 14 nitrogen and oxygen atoms in total. The monoisotopic (exact) mass is 726 g/mol. The number of carbonyl (C=O) groups excluding carboxylic acids is 4. The lowest BCUT2D eigenvalue weighted by Crippen LogP contribution is -2.51. The fourth-order valence-corrected chi connectivity index (χ4v) is 5.55. The van der Waals surface area contributed by atoms with Gasteiger partial charge in [0.25, 0.3) is 0 Å². The Hall–Kier alpha value is -6.10. The molecule has 4 amide bonds. The quantitative estimate of drug-likeness (QED) is 0.134. The summed E-state index contributed by atoms with van der Waals surface area (Å²) in [6.45, 7) is 7.83. The molecular weight excluding hydrogens is 676 g/mol. The predicted octanol–water partition coefficient (Wildman–Crippen LogP) is 5.74. The Morgan fingerprint density at radius 2 is 1.36 bits per heavy atom. The summed E-state index contributed by atoms with van der Waals surface area (Å²) in [5.41, 5.74) is 5.69. The summed E-state index contributed by atoms with van der Waals surface area (Å²) < 4.78 is 9.18. The average molecular weight is 727 g/mol. The summed E-state index contributed by atoms with van der Waals surface area (Å²) in [4.78, 5) is 67.3. The molecule has 53 heavy (non-hydrogen) atoms. The van der Waals surface area contributed by atoms with Crippen LogP contribution < -0.4 is 10.6 Å². The molecule has 0 aliphatic carbocycles. The minimum Gasteiger partial charge on any atom is -0.453 e. The Labute approximate surface area is 311 Å². The minimum atomic E-state index is -0.651. The zero-order valence-corrected chi connectivity index (χ0v) is 31.1. The summed E-state index contributed by atoms with van der Waals surface area (Å²) in [6.07, 6.45) is 13.6. The Balaban J connectivity index is 0.00000144. The summed E-state index contributed by atoms with van der Waals surface area (Å²) in [7, 11) is 2.53. The highest BCUT2D eigenvalue weighted by Crippen LogP contribution is 2.27. The van der Waals surface area contributed by atoms with Crippen molar-refractivity contribution in [1.29, 1.82) is 0 Å². The first kappa shape index (κ1) is 41.3. The van der Waals surface area contributed by atoms with Crippen LogP contribution in [0.2, 0.25) is 0 Å². The number of methoxy groups -OCH3 is 2. The molecule has 4 N–H and O–H groups in total. The lowest BCUT2D eigenvalue weighted by molar-refractivity contribution is -0.136. The molecule has 14 heteroatoms. The number of alkyl carbamates (subject to hydrolysis) is 2. The number of nitrogens with one attached hydrogen (secondary N) is 4. The number of benzene rings is 2. The molecule has 1 aliphatic rings. The van der Waals surface area contributed by atoms with E-state index in [1.54, 1.807) is 22.2 Å². The zero-order valence-electron chi connectivity index (χ0n) is 31.1. The molecule has 2 aromatic heterocycles. The molecule has 1 aliphatic heterocycles. The van der Waals surface area contributed by atoms with E-state index in [-0.39, 0.29) is 18.4 Å². The number of nitrogens with zero attached hydrogens (tertiary/aromatic N) is 4. The number of hydrogen-bond acceptors (Lipinski definition) is 8. The smallest absolute Gasteiger partial charge is 0.407 e. The standard InChI is InChI=1S/C34H40N8O6.C3H8.C2H2/c1-4-15-41(31(43)19-37-33(45)47-2)20-29-35-17-27(38-29)24-11-7-22(8-12-24)23-9-13-25(14-10-23)28-18-36-30(39-28)21-42-16-5-6-26(32(42)44)40-34(46)48-3;1-3-2;1-2/h7-14,17-18,26H,4-6,15-16,19-21H2,1-3H3,(H,35,38)(H,36,39)(H,37,45)(H,40,46);3H2,1-2H3;1-2H/t26-;;/m1../s1. The lowest BCUT2D eigenvalue weighted by atomic mass is 10.0. The van der Waals surface area contributed by atoms with Crippen LogP contribution in [-0.4, -0.2) is 93.6 Å². The van der Waals surface area contributed by atoms with Gasteiger partial charge in [-0.05, 0) is 41.5 Å². The van der Waals surface area contributed by atoms with Crippen molar-refractivity contribution in [3.05, 3.63) is 72.6 Å². The van der Waals surface area contributed by atoms with Gasteiger partial charge in [0.2, 0.25) is 11.8 Å². The molecule has 282 valence electrons. The summed E-state index contributed by atoms with van der Waals surface area (Å²) >= 11 is 0. The second kappa shape index (κ2) is 21.3. The third kappa shape index (κ3) is 12.0. The van der Waals surface area contributed by atoms with Crippen LogP contribution in [0.5, 0.6) is 0 Å². The first-order valence-corrected chi connectivity index (χ1v) is 17.5. The van der Waals surface area contributed by atoms with Crippen LogP contribution in [0.4, 0.5) is 9.59 Å². The lowest BCUT2D eigenvalue weighted by Gasteiger charge is -2.31. The van der Waals surface area contributed by atoms with Crippen molar-refractivity contribution >= 4 is 24.0 Å². The van der Waals surface area contributed by atoms with E-state index < -0.39 is 18.2 Å². The van der Waals surface area contributed by atoms with E-state index >= 15 is 0 Å². The van der Waals surface area contributed by atoms with Crippen LogP contribution in [0.25, 0.3) is 33.6 Å². The molecule has 3 heterocycles. The molecule has 0 radical (unpaired) electrons. The van der Waals surface area contributed by atoms with Gasteiger partial charge in [0.1, 0.15) is 24.2 Å². The first-order valence-electron chi connectivity index (χ1n) is 17.5. The number of aromatic nitrogens is 4. The van der Waals surface area contributed by atoms with Gasteiger partial charge >= 0.3 is 12.2 Å². The third-order valence-electron chi connectivity index (χ3n) is 8.09. The first-order chi connectivity index (χ1) is 25.7. The molecule has 0 unspecified atom stereocenters. The molecule has 1 fully saturated rings. The maximum Gasteiger partial charge on any atom is 0.407 e. The Bertz CT molecular complexity index is 1700. The molecule has 1 saturated heterocycles. The van der Waals surface area contributed by atoms with Crippen LogP contribution in [0.15, 0.2) is 60.9 Å². The minimum absolute atomic E-state index is 0.147. The van der Waals surface area contributed by atoms with Gasteiger partial charge in [-0.2, -0.15) is 0 Å². The van der Waals surface area contributed by atoms with E-state index in [4.69, 9.17) is 0 Å². The Kier molecular flexibility index (Phi) is 16.6. The second-order valence-corrected chi connectivity index (χ2v) is 12.1. The normalized spacial score (nSPS) is 13.4. The number of aromatic amines is 2. The van der Waals surface area contributed by atoms with Gasteiger partial charge in [0.05, 0.1) is 51.1 Å². The number of likely N-dealkylation sites (tertiary alicyclic amines) is 1. The predicted molar refractivity (Wildman–Crippen MR) is 203 cm³/mol. The number of carbonyl (C=O) groups is 4. The van der Waals surface area contributed by atoms with Crippen molar-refractivity contribution in [2.45, 2.75) is 65.6 Å². The number of piperidine rings is 1. The fraction of sp³-hybridized carbons (Fsp3) is 0.385. The molecule has 0 saturated carbocycles. The average Bonchev–Trinajstić information content (AvgIpc) is 3.86. The number of imidazole rings is 2. The van der Waals surface area contributed by atoms with Crippen LogP contribution in [0.1, 0.15) is 58.1 Å². The molecule has 0 bridgehead atoms. The van der Waals surface area contributed by atoms with Gasteiger partial charge in [0.15, 0.2) is 0 Å². The van der Waals surface area contributed by atoms with Crippen LogP contribution in [0.3, 0.4) is 0 Å². The summed E-state index contributed by atoms with van der Waals surface area (Å²) in [5, 5.41) is 5.03. The third-order valence-corrected chi connectivity index (χ3v) is 8.09. The van der Waals surface area contributed by atoms with Crippen molar-refractivity contribution < 1.29 is 28.7 Å². The van der Waals surface area contributed by atoms with E-state index in [9.17, 15) is 19.2 Å². The highest BCUT2D eigenvalue weighted by atomic mass is 16.5. The molecule has 0 spiro atoms. The highest BCUT2D eigenvalue weighted by molar-refractivity contribution is 5.86. The second-order valence-electron chi connectivity index (χ2n) is 12.1. The van der Waals surface area contributed by atoms with Crippen molar-refractivity contribution in [3.63, 3.8) is 0 Å². The Morgan fingerprint density at radius 1 is 0.849 bits per heavy atom. The van der Waals surface area contributed by atoms with Crippen LogP contribution >= 0.6 is 0 Å². The topological polar surface area (TPSA) is 175 Å². The van der Waals surface area contributed by atoms with E-state index in [0.29, 0.717) is 44.2 Å². The number of terminal acetylenes is 1. The highest BCUT2D eigenvalue weighted by Gasteiger charge is 2.30. The summed E-state index contributed by atoms with van der Waals surface area (Å²) in [5.74, 6) is 0.944. The van der Waals surface area contributed by atoms with Gasteiger partial charge in [-0.1, -0.05) is 75.7 Å². The van der Waals surface area contributed by atoms with Gasteiger partial charge < -0.3 is 39.9 Å². The number of ether oxygens (including phenoxy) is 2. The van der Waals surface area contributed by atoms with E-state index in [2.05, 4.69) is 66.7 Å². The van der Waals surface area contributed by atoms with E-state index in [0.717, 1.165) is 46.5 Å². The number of H-pyrrole nitrogens is 2.